The van der Waals surface area contributed by atoms with Crippen LogP contribution < -0.4 is 0 Å². The molecule has 0 N–H and O–H groups in total. The Balaban J connectivity index is 2.01. The molecule has 3 heteroatoms. The summed E-state index contributed by atoms with van der Waals surface area (Å²) >= 11 is 0. The van der Waals surface area contributed by atoms with Crippen molar-refractivity contribution in [3.05, 3.63) is 60.2 Å². The number of carbonyl (C=O) groups excluding carboxylic acids is 2. The van der Waals surface area contributed by atoms with Crippen LogP contribution in [0.3, 0.4) is 0 Å². The van der Waals surface area contributed by atoms with E-state index in [-0.39, 0.29) is 18.3 Å². The monoisotopic (exact) mass is 296 g/mol. The number of rotatable bonds is 6. The maximum Gasteiger partial charge on any atom is 0.314 e. The SMILES string of the molecule is CCC=CC(C)OC(=O)CC(=O)c1ccc2ccccc2c1. The van der Waals surface area contributed by atoms with Crippen molar-refractivity contribution in [1.82, 2.24) is 0 Å². The van der Waals surface area contributed by atoms with Gasteiger partial charge in [0.1, 0.15) is 12.5 Å². The van der Waals surface area contributed by atoms with Gasteiger partial charge in [-0.15, -0.1) is 0 Å². The molecule has 0 saturated carbocycles. The minimum Gasteiger partial charge on any atom is -0.458 e. The fourth-order valence-corrected chi connectivity index (χ4v) is 2.21. The highest BCUT2D eigenvalue weighted by Gasteiger charge is 2.15. The number of hydrogen-bond acceptors (Lipinski definition) is 3. The molecule has 0 spiro atoms. The van der Waals surface area contributed by atoms with Crippen LogP contribution in [0.25, 0.3) is 10.8 Å². The minimum absolute atomic E-state index is 0.220. The second-order valence-corrected chi connectivity index (χ2v) is 5.19. The van der Waals surface area contributed by atoms with Gasteiger partial charge in [-0.25, -0.2) is 0 Å². The smallest absolute Gasteiger partial charge is 0.314 e. The molecule has 0 aliphatic rings. The van der Waals surface area contributed by atoms with Gasteiger partial charge in [-0.1, -0.05) is 49.4 Å². The Hall–Kier alpha value is -2.42. The lowest BCUT2D eigenvalue weighted by molar-refractivity contribution is -0.145. The second-order valence-electron chi connectivity index (χ2n) is 5.19. The van der Waals surface area contributed by atoms with Gasteiger partial charge in [-0.2, -0.15) is 0 Å². The van der Waals surface area contributed by atoms with Gasteiger partial charge in [0, 0.05) is 5.56 Å². The molecule has 0 heterocycles. The summed E-state index contributed by atoms with van der Waals surface area (Å²) in [7, 11) is 0. The zero-order chi connectivity index (χ0) is 15.9. The predicted molar refractivity (Wildman–Crippen MR) is 87.9 cm³/mol. The van der Waals surface area contributed by atoms with Crippen LogP contribution in [-0.4, -0.2) is 17.9 Å². The van der Waals surface area contributed by atoms with Crippen LogP contribution in [0.2, 0.25) is 0 Å². The van der Waals surface area contributed by atoms with E-state index >= 15 is 0 Å². The van der Waals surface area contributed by atoms with Crippen LogP contribution >= 0.6 is 0 Å². The molecule has 22 heavy (non-hydrogen) atoms. The molecule has 1 atom stereocenters. The number of ether oxygens (including phenoxy) is 1. The van der Waals surface area contributed by atoms with Crippen LogP contribution in [0.15, 0.2) is 54.6 Å². The Kier molecular flexibility index (Phi) is 5.48. The zero-order valence-electron chi connectivity index (χ0n) is 12.9. The summed E-state index contributed by atoms with van der Waals surface area (Å²) in [5.74, 6) is -0.714. The molecule has 0 aliphatic heterocycles. The van der Waals surface area contributed by atoms with Gasteiger partial charge < -0.3 is 4.74 Å². The summed E-state index contributed by atoms with van der Waals surface area (Å²) in [6.45, 7) is 3.79. The summed E-state index contributed by atoms with van der Waals surface area (Å²) in [6, 6.07) is 13.3. The Morgan fingerprint density at radius 3 is 2.59 bits per heavy atom. The van der Waals surface area contributed by atoms with Crippen molar-refractivity contribution in [2.24, 2.45) is 0 Å². The van der Waals surface area contributed by atoms with E-state index in [4.69, 9.17) is 4.74 Å². The number of fused-ring (bicyclic) bond motifs is 1. The average Bonchev–Trinajstić information content (AvgIpc) is 2.52. The third-order valence-corrected chi connectivity index (χ3v) is 3.34. The molecule has 0 radical (unpaired) electrons. The highest BCUT2D eigenvalue weighted by atomic mass is 16.5. The molecule has 1 unspecified atom stereocenters. The van der Waals surface area contributed by atoms with Crippen molar-refractivity contribution in [3.63, 3.8) is 0 Å². The molecule has 0 amide bonds. The van der Waals surface area contributed by atoms with E-state index in [1.54, 1.807) is 13.0 Å². The number of Topliss-reactive ketones (excluding diaryl/α,β-unsaturated/α-hetero) is 1. The van der Waals surface area contributed by atoms with E-state index in [2.05, 4.69) is 0 Å². The highest BCUT2D eigenvalue weighted by molar-refractivity contribution is 6.07. The summed E-state index contributed by atoms with van der Waals surface area (Å²) in [5.41, 5.74) is 0.535. The van der Waals surface area contributed by atoms with Crippen molar-refractivity contribution in [2.75, 3.05) is 0 Å². The fraction of sp³-hybridized carbons (Fsp3) is 0.263. The molecule has 2 aromatic rings. The first-order valence-corrected chi connectivity index (χ1v) is 7.48. The van der Waals surface area contributed by atoms with Gasteiger partial charge >= 0.3 is 5.97 Å². The Morgan fingerprint density at radius 2 is 1.86 bits per heavy atom. The van der Waals surface area contributed by atoms with Crippen LogP contribution in [0.5, 0.6) is 0 Å². The van der Waals surface area contributed by atoms with Gasteiger partial charge in [0.15, 0.2) is 5.78 Å². The molecule has 2 aromatic carbocycles. The van der Waals surface area contributed by atoms with Crippen molar-refractivity contribution >= 4 is 22.5 Å². The van der Waals surface area contributed by atoms with E-state index < -0.39 is 5.97 Å². The van der Waals surface area contributed by atoms with E-state index in [0.29, 0.717) is 5.56 Å². The van der Waals surface area contributed by atoms with Crippen LogP contribution in [0, 0.1) is 0 Å². The molecule has 0 aliphatic carbocycles. The van der Waals surface area contributed by atoms with Gasteiger partial charge in [0.05, 0.1) is 0 Å². The number of benzene rings is 2. The first kappa shape index (κ1) is 16.0. The summed E-state index contributed by atoms with van der Waals surface area (Å²) in [6.07, 6.45) is 4.10. The Morgan fingerprint density at radius 1 is 1.14 bits per heavy atom. The van der Waals surface area contributed by atoms with Gasteiger partial charge in [-0.3, -0.25) is 9.59 Å². The van der Waals surface area contributed by atoms with Gasteiger partial charge in [0.2, 0.25) is 0 Å². The molecule has 0 fully saturated rings. The van der Waals surface area contributed by atoms with E-state index in [0.717, 1.165) is 17.2 Å². The lowest BCUT2D eigenvalue weighted by Crippen LogP contribution is -2.16. The first-order valence-electron chi connectivity index (χ1n) is 7.48. The largest absolute Gasteiger partial charge is 0.458 e. The predicted octanol–water partition coefficient (Wildman–Crippen LogP) is 4.31. The van der Waals surface area contributed by atoms with Crippen molar-refractivity contribution in [3.8, 4) is 0 Å². The normalized spacial score (nSPS) is 12.5. The number of ketones is 1. The third-order valence-electron chi connectivity index (χ3n) is 3.34. The molecule has 2 rings (SSSR count). The standard InChI is InChI=1S/C19H20O3/c1-3-4-7-14(2)22-19(21)13-18(20)17-11-10-15-8-5-6-9-16(15)12-17/h4-12,14H,3,13H2,1-2H3. The van der Waals surface area contributed by atoms with Crippen LogP contribution in [0.1, 0.15) is 37.0 Å². The lowest BCUT2D eigenvalue weighted by atomic mass is 10.0. The molecular formula is C19H20O3. The number of hydrogen-bond donors (Lipinski definition) is 0. The second kappa shape index (κ2) is 7.55. The molecular weight excluding hydrogens is 276 g/mol. The lowest BCUT2D eigenvalue weighted by Gasteiger charge is -2.09. The Bertz CT molecular complexity index is 701. The Labute approximate surface area is 130 Å². The van der Waals surface area contributed by atoms with Crippen molar-refractivity contribution in [1.29, 1.82) is 0 Å². The minimum atomic E-state index is -0.494. The third kappa shape index (κ3) is 4.29. The van der Waals surface area contributed by atoms with Gasteiger partial charge in [-0.05, 0) is 36.3 Å². The topological polar surface area (TPSA) is 43.4 Å². The highest BCUT2D eigenvalue weighted by Crippen LogP contribution is 2.17. The van der Waals surface area contributed by atoms with Crippen molar-refractivity contribution in [2.45, 2.75) is 32.8 Å². The van der Waals surface area contributed by atoms with Crippen LogP contribution in [-0.2, 0) is 9.53 Å². The molecule has 0 aromatic heterocycles. The quantitative estimate of drug-likeness (QED) is 0.345. The summed E-state index contributed by atoms with van der Waals surface area (Å²) in [4.78, 5) is 24.0. The average molecular weight is 296 g/mol. The molecule has 3 nitrogen and oxygen atoms in total. The van der Waals surface area contributed by atoms with E-state index in [9.17, 15) is 9.59 Å². The summed E-state index contributed by atoms with van der Waals surface area (Å²) < 4.78 is 5.19. The molecule has 0 saturated heterocycles. The van der Waals surface area contributed by atoms with Crippen LogP contribution in [0.4, 0.5) is 0 Å². The number of esters is 1. The maximum absolute atomic E-state index is 12.2. The maximum atomic E-state index is 12.2. The van der Waals surface area contributed by atoms with E-state index in [1.807, 2.05) is 55.5 Å². The van der Waals surface area contributed by atoms with Gasteiger partial charge in [0.25, 0.3) is 0 Å². The number of carbonyl (C=O) groups is 2. The number of allylic oxidation sites excluding steroid dienone is 1. The fourth-order valence-electron chi connectivity index (χ4n) is 2.21. The first-order chi connectivity index (χ1) is 10.6. The molecule has 0 bridgehead atoms. The molecule has 114 valence electrons. The van der Waals surface area contributed by atoms with Crippen molar-refractivity contribution < 1.29 is 14.3 Å². The van der Waals surface area contributed by atoms with E-state index in [1.165, 1.54) is 0 Å². The zero-order valence-corrected chi connectivity index (χ0v) is 12.9. The summed E-state index contributed by atoms with van der Waals surface area (Å²) in [5, 5.41) is 2.06.